The third-order valence-electron chi connectivity index (χ3n) is 7.32. The van der Waals surface area contributed by atoms with Crippen molar-refractivity contribution in [1.82, 2.24) is 5.32 Å². The van der Waals surface area contributed by atoms with E-state index in [1.807, 2.05) is 54.6 Å². The third-order valence-corrected chi connectivity index (χ3v) is 7.32. The molecule has 8 nitrogen and oxygen atoms in total. The summed E-state index contributed by atoms with van der Waals surface area (Å²) in [5.74, 6) is -1.66. The molecule has 4 aromatic rings. The van der Waals surface area contributed by atoms with Crippen molar-refractivity contribution in [1.29, 1.82) is 0 Å². The molecule has 0 aliphatic heterocycles. The van der Waals surface area contributed by atoms with E-state index < -0.39 is 30.1 Å². The number of rotatable bonds is 11. The summed E-state index contributed by atoms with van der Waals surface area (Å²) in [5, 5.41) is 14.9. The van der Waals surface area contributed by atoms with Crippen LogP contribution in [0.3, 0.4) is 0 Å². The van der Waals surface area contributed by atoms with E-state index in [0.29, 0.717) is 11.3 Å². The number of nitrogens with one attached hydrogen (secondary N) is 2. The highest BCUT2D eigenvalue weighted by atomic mass is 16.5. The van der Waals surface area contributed by atoms with E-state index in [9.17, 15) is 19.5 Å². The molecular formula is C34H32N2O6. The van der Waals surface area contributed by atoms with E-state index in [1.165, 1.54) is 0 Å². The van der Waals surface area contributed by atoms with Crippen LogP contribution in [-0.2, 0) is 32.1 Å². The number of benzene rings is 4. The van der Waals surface area contributed by atoms with Crippen LogP contribution in [0, 0.1) is 0 Å². The van der Waals surface area contributed by atoms with Gasteiger partial charge in [0.25, 0.3) is 0 Å². The van der Waals surface area contributed by atoms with Crippen LogP contribution in [-0.4, -0.2) is 41.8 Å². The van der Waals surface area contributed by atoms with Crippen LogP contribution in [0.15, 0.2) is 103 Å². The lowest BCUT2D eigenvalue weighted by molar-refractivity contribution is -0.146. The molecule has 0 heterocycles. The van der Waals surface area contributed by atoms with Crippen molar-refractivity contribution in [3.63, 3.8) is 0 Å². The maximum atomic E-state index is 12.6. The van der Waals surface area contributed by atoms with Crippen molar-refractivity contribution in [2.24, 2.45) is 0 Å². The maximum absolute atomic E-state index is 12.6. The predicted octanol–water partition coefficient (Wildman–Crippen LogP) is 5.76. The normalized spacial score (nSPS) is 13.4. The van der Waals surface area contributed by atoms with Crippen molar-refractivity contribution in [2.75, 3.05) is 11.9 Å². The number of aliphatic carboxylic acids is 1. The number of anilines is 1. The van der Waals surface area contributed by atoms with E-state index in [-0.39, 0.29) is 25.6 Å². The van der Waals surface area contributed by atoms with Gasteiger partial charge in [0.05, 0.1) is 19.1 Å². The quantitative estimate of drug-likeness (QED) is 0.213. The summed E-state index contributed by atoms with van der Waals surface area (Å²) in [7, 11) is 0. The largest absolute Gasteiger partial charge is 0.480 e. The van der Waals surface area contributed by atoms with Gasteiger partial charge in [0, 0.05) is 11.6 Å². The van der Waals surface area contributed by atoms with Crippen molar-refractivity contribution in [3.8, 4) is 11.1 Å². The Hall–Kier alpha value is -4.95. The van der Waals surface area contributed by atoms with Crippen LogP contribution < -0.4 is 10.6 Å². The Morgan fingerprint density at radius 1 is 0.786 bits per heavy atom. The van der Waals surface area contributed by atoms with Crippen LogP contribution in [0.2, 0.25) is 0 Å². The second kappa shape index (κ2) is 13.1. The van der Waals surface area contributed by atoms with Gasteiger partial charge in [-0.1, -0.05) is 91.0 Å². The molecule has 3 N–H and O–H groups in total. The fourth-order valence-electron chi connectivity index (χ4n) is 5.15. The summed E-state index contributed by atoms with van der Waals surface area (Å²) in [6.07, 6.45) is -1.34. The first-order chi connectivity index (χ1) is 20.4. The van der Waals surface area contributed by atoms with Crippen LogP contribution in [0.5, 0.6) is 0 Å². The first kappa shape index (κ1) is 28.6. The molecule has 2 amide bonds. The van der Waals surface area contributed by atoms with Crippen molar-refractivity contribution >= 4 is 23.7 Å². The number of carbonyl (C=O) groups is 3. The smallest absolute Gasteiger partial charge is 0.411 e. The summed E-state index contributed by atoms with van der Waals surface area (Å²) >= 11 is 0. The lowest BCUT2D eigenvalue weighted by atomic mass is 9.98. The third kappa shape index (κ3) is 6.85. The first-order valence-corrected chi connectivity index (χ1v) is 13.8. The molecule has 8 heteroatoms. The van der Waals surface area contributed by atoms with Crippen LogP contribution in [0.4, 0.5) is 10.5 Å². The first-order valence-electron chi connectivity index (χ1n) is 13.8. The molecule has 2 atom stereocenters. The Morgan fingerprint density at radius 3 is 2.00 bits per heavy atom. The molecule has 0 saturated carbocycles. The zero-order chi connectivity index (χ0) is 29.5. The molecular weight excluding hydrogens is 532 g/mol. The van der Waals surface area contributed by atoms with E-state index in [4.69, 9.17) is 9.47 Å². The van der Waals surface area contributed by atoms with Crippen LogP contribution >= 0.6 is 0 Å². The second-order valence-corrected chi connectivity index (χ2v) is 10.2. The average molecular weight is 565 g/mol. The van der Waals surface area contributed by atoms with E-state index in [2.05, 4.69) is 34.9 Å². The van der Waals surface area contributed by atoms with E-state index >= 15 is 0 Å². The molecule has 0 spiro atoms. The number of carboxylic acids is 1. The van der Waals surface area contributed by atoms with Gasteiger partial charge >= 0.3 is 12.1 Å². The highest BCUT2D eigenvalue weighted by Gasteiger charge is 2.29. The Labute approximate surface area is 244 Å². The number of hydrogen-bond acceptors (Lipinski definition) is 5. The number of hydrogen-bond donors (Lipinski definition) is 3. The molecule has 0 bridgehead atoms. The highest BCUT2D eigenvalue weighted by molar-refractivity contribution is 5.86. The molecule has 5 rings (SSSR count). The summed E-state index contributed by atoms with van der Waals surface area (Å²) in [4.78, 5) is 37.0. The number of carboxylic acid groups (broad SMARTS) is 1. The molecule has 214 valence electrons. The van der Waals surface area contributed by atoms with Gasteiger partial charge in [0.15, 0.2) is 6.04 Å². The van der Waals surface area contributed by atoms with Crippen LogP contribution in [0.1, 0.15) is 35.1 Å². The minimum atomic E-state index is -1.20. The summed E-state index contributed by atoms with van der Waals surface area (Å²) in [5.41, 5.74) is 6.67. The molecule has 42 heavy (non-hydrogen) atoms. The van der Waals surface area contributed by atoms with Gasteiger partial charge < -0.3 is 19.9 Å². The molecule has 0 fully saturated rings. The molecule has 0 aromatic heterocycles. The van der Waals surface area contributed by atoms with E-state index in [1.54, 1.807) is 31.2 Å². The Morgan fingerprint density at radius 2 is 1.38 bits per heavy atom. The Balaban J connectivity index is 1.11. The lowest BCUT2D eigenvalue weighted by Gasteiger charge is -2.22. The van der Waals surface area contributed by atoms with Gasteiger partial charge in [-0.15, -0.1) is 0 Å². The van der Waals surface area contributed by atoms with E-state index in [0.717, 1.165) is 27.8 Å². The molecule has 2 unspecified atom stereocenters. The number of amides is 2. The number of fused-ring (bicyclic) bond motifs is 3. The van der Waals surface area contributed by atoms with Crippen molar-refractivity contribution < 1.29 is 29.0 Å². The van der Waals surface area contributed by atoms with Gasteiger partial charge in [-0.05, 0) is 52.4 Å². The molecule has 4 aromatic carbocycles. The van der Waals surface area contributed by atoms with Gasteiger partial charge in [0.2, 0.25) is 5.91 Å². The Bertz CT molecular complexity index is 1510. The number of ether oxygens (including phenoxy) is 2. The lowest BCUT2D eigenvalue weighted by Crippen LogP contribution is -2.49. The molecule has 1 aliphatic carbocycles. The number of carbonyl (C=O) groups excluding carboxylic acids is 2. The zero-order valence-electron chi connectivity index (χ0n) is 23.2. The van der Waals surface area contributed by atoms with Crippen LogP contribution in [0.25, 0.3) is 11.1 Å². The topological polar surface area (TPSA) is 114 Å². The standard InChI is InChI=1S/C34H32N2O6/c1-22(41-20-24-9-3-2-4-10-24)32(33(38)39)36-31(37)19-23-15-17-25(18-16-23)35-34(40)42-21-30-28-13-7-5-11-26(28)27-12-6-8-14-29(27)30/h2-18,22,30,32H,19-21H2,1H3,(H,35,40)(H,36,37)(H,38,39). The highest BCUT2D eigenvalue weighted by Crippen LogP contribution is 2.44. The maximum Gasteiger partial charge on any atom is 0.411 e. The Kier molecular flexibility index (Phi) is 8.94. The van der Waals surface area contributed by atoms with Gasteiger partial charge in [-0.3, -0.25) is 10.1 Å². The molecule has 0 radical (unpaired) electrons. The second-order valence-electron chi connectivity index (χ2n) is 10.2. The summed E-state index contributed by atoms with van der Waals surface area (Å²) in [6.45, 7) is 2.06. The zero-order valence-corrected chi connectivity index (χ0v) is 23.2. The van der Waals surface area contributed by atoms with Gasteiger partial charge in [0.1, 0.15) is 6.61 Å². The van der Waals surface area contributed by atoms with Crippen molar-refractivity contribution in [2.45, 2.75) is 38.0 Å². The van der Waals surface area contributed by atoms with Crippen molar-refractivity contribution in [3.05, 3.63) is 125 Å². The summed E-state index contributed by atoms with van der Waals surface area (Å²) < 4.78 is 11.3. The minimum Gasteiger partial charge on any atom is -0.480 e. The minimum absolute atomic E-state index is 0.0274. The van der Waals surface area contributed by atoms with Gasteiger partial charge in [-0.25, -0.2) is 9.59 Å². The SMILES string of the molecule is CC(OCc1ccccc1)C(NC(=O)Cc1ccc(NC(=O)OCC2c3ccccc3-c3ccccc32)cc1)C(=O)O. The fourth-order valence-corrected chi connectivity index (χ4v) is 5.15. The monoisotopic (exact) mass is 564 g/mol. The fraction of sp³-hybridized carbons (Fsp3) is 0.206. The average Bonchev–Trinajstić information content (AvgIpc) is 3.32. The predicted molar refractivity (Wildman–Crippen MR) is 159 cm³/mol. The molecule has 1 aliphatic rings. The van der Waals surface area contributed by atoms with Gasteiger partial charge in [-0.2, -0.15) is 0 Å². The summed E-state index contributed by atoms with van der Waals surface area (Å²) in [6, 6.07) is 31.2. The molecule has 0 saturated heterocycles.